The molecule has 0 amide bonds. The van der Waals surface area contributed by atoms with Gasteiger partial charge in [-0.1, -0.05) is 6.92 Å². The van der Waals surface area contributed by atoms with Crippen molar-refractivity contribution in [2.45, 2.75) is 32.3 Å². The van der Waals surface area contributed by atoms with Crippen LogP contribution in [-0.2, 0) is 9.68 Å². The quantitative estimate of drug-likeness (QED) is 0.303. The maximum atomic E-state index is 10.1. The monoisotopic (exact) mass is 314 g/mol. The molecule has 13 nitrogen and oxygen atoms in total. The summed E-state index contributed by atoms with van der Waals surface area (Å²) in [5.41, 5.74) is 0. The van der Waals surface area contributed by atoms with Crippen LogP contribution >= 0.6 is 0 Å². The molecule has 0 aromatic rings. The molecule has 1 unspecified atom stereocenters. The Morgan fingerprint density at radius 3 is 2.14 bits per heavy atom. The number of hydrogen-bond donors (Lipinski definition) is 2. The highest BCUT2D eigenvalue weighted by Gasteiger charge is 2.15. The van der Waals surface area contributed by atoms with Gasteiger partial charge in [0.2, 0.25) is 0 Å². The Morgan fingerprint density at radius 1 is 1.14 bits per heavy atom. The molecular formula is C8H18N4O9. The number of rotatable bonds is 11. The number of nitrogens with one attached hydrogen (secondary N) is 1. The van der Waals surface area contributed by atoms with Gasteiger partial charge in [-0.15, -0.1) is 30.3 Å². The van der Waals surface area contributed by atoms with E-state index in [4.69, 9.17) is 15.3 Å². The summed E-state index contributed by atoms with van der Waals surface area (Å²) in [6, 6.07) is 0. The van der Waals surface area contributed by atoms with Gasteiger partial charge in [0.25, 0.3) is 15.3 Å². The van der Waals surface area contributed by atoms with Gasteiger partial charge in [-0.25, -0.2) is 0 Å². The molecule has 0 saturated heterocycles. The van der Waals surface area contributed by atoms with Crippen molar-refractivity contribution >= 4 is 0 Å². The van der Waals surface area contributed by atoms with Crippen LogP contribution in [0, 0.1) is 30.3 Å². The fraction of sp³-hybridized carbons (Fsp3) is 1.00. The minimum absolute atomic E-state index is 0.347. The van der Waals surface area contributed by atoms with Crippen LogP contribution in [-0.4, -0.2) is 46.3 Å². The SMILES string of the molecule is CCNCCCCC(CO[N+](=O)[O-])O[N+](=O)[O-].O=[N+]([O-])O. The zero-order valence-electron chi connectivity index (χ0n) is 11.4. The topological polar surface area (TPSA) is 180 Å². The lowest BCUT2D eigenvalue weighted by Gasteiger charge is -2.13. The van der Waals surface area contributed by atoms with Crippen molar-refractivity contribution in [1.82, 2.24) is 5.32 Å². The molecule has 0 rings (SSSR count). The summed E-state index contributed by atoms with van der Waals surface area (Å²) in [6.07, 6.45) is 0.952. The first-order valence-corrected chi connectivity index (χ1v) is 5.92. The van der Waals surface area contributed by atoms with Crippen LogP contribution < -0.4 is 5.32 Å². The fourth-order valence-electron chi connectivity index (χ4n) is 1.23. The van der Waals surface area contributed by atoms with Crippen molar-refractivity contribution in [3.8, 4) is 0 Å². The molecule has 0 bridgehead atoms. The van der Waals surface area contributed by atoms with E-state index in [1.54, 1.807) is 0 Å². The van der Waals surface area contributed by atoms with Crippen LogP contribution in [0.15, 0.2) is 0 Å². The normalized spacial score (nSPS) is 10.7. The smallest absolute Gasteiger partial charge is 0.294 e. The standard InChI is InChI=1S/C8H17N3O6.HNO3/c1-2-9-6-4-3-5-8(17-11(14)15)7-16-10(12)13;2-1(3)4/h8-9H,2-7H2,1H3;(H,2,3,4). The molecule has 2 N–H and O–H groups in total. The molecule has 0 spiro atoms. The predicted octanol–water partition coefficient (Wildman–Crippen LogP) is 0.204. The number of hydrogen-bond acceptors (Lipinski definition) is 9. The molecule has 0 aromatic heterocycles. The molecule has 1 atom stereocenters. The average Bonchev–Trinajstić information content (AvgIpc) is 2.34. The van der Waals surface area contributed by atoms with Crippen molar-refractivity contribution in [2.75, 3.05) is 19.7 Å². The first kappa shape index (κ1) is 20.9. The minimum atomic E-state index is -1.50. The molecule has 0 radical (unpaired) electrons. The molecule has 0 aliphatic heterocycles. The third-order valence-electron chi connectivity index (χ3n) is 1.98. The van der Waals surface area contributed by atoms with Crippen LogP contribution in [0.5, 0.6) is 0 Å². The lowest BCUT2D eigenvalue weighted by atomic mass is 10.1. The zero-order valence-corrected chi connectivity index (χ0v) is 11.4. The van der Waals surface area contributed by atoms with Crippen LogP contribution in [0.4, 0.5) is 0 Å². The van der Waals surface area contributed by atoms with Gasteiger partial charge in [0.1, 0.15) is 12.7 Å². The minimum Gasteiger partial charge on any atom is -0.328 e. The largest absolute Gasteiger partial charge is 0.328 e. The van der Waals surface area contributed by atoms with Crippen molar-refractivity contribution in [2.24, 2.45) is 0 Å². The van der Waals surface area contributed by atoms with Gasteiger partial charge in [-0.05, 0) is 32.4 Å². The highest BCUT2D eigenvalue weighted by atomic mass is 17.0. The van der Waals surface area contributed by atoms with E-state index in [9.17, 15) is 20.2 Å². The van der Waals surface area contributed by atoms with Gasteiger partial charge in [0, 0.05) is 0 Å². The molecule has 124 valence electrons. The van der Waals surface area contributed by atoms with Crippen LogP contribution in [0.1, 0.15) is 26.2 Å². The summed E-state index contributed by atoms with van der Waals surface area (Å²) in [4.78, 5) is 36.8. The van der Waals surface area contributed by atoms with Gasteiger partial charge in [0.05, 0.1) is 0 Å². The summed E-state index contributed by atoms with van der Waals surface area (Å²) in [7, 11) is 0. The molecule has 13 heteroatoms. The summed E-state index contributed by atoms with van der Waals surface area (Å²) in [6.45, 7) is 3.22. The third-order valence-corrected chi connectivity index (χ3v) is 1.98. The average molecular weight is 314 g/mol. The predicted molar refractivity (Wildman–Crippen MR) is 66.0 cm³/mol. The number of unbranched alkanes of at least 4 members (excludes halogenated alkanes) is 1. The second-order valence-corrected chi connectivity index (χ2v) is 3.56. The Hall–Kier alpha value is -2.44. The van der Waals surface area contributed by atoms with Crippen molar-refractivity contribution in [1.29, 1.82) is 0 Å². The van der Waals surface area contributed by atoms with E-state index >= 15 is 0 Å². The molecule has 0 aliphatic rings. The maximum Gasteiger partial charge on any atom is 0.294 e. The molecule has 21 heavy (non-hydrogen) atoms. The van der Waals surface area contributed by atoms with Gasteiger partial charge >= 0.3 is 0 Å². The van der Waals surface area contributed by atoms with Crippen LogP contribution in [0.25, 0.3) is 0 Å². The Balaban J connectivity index is 0. The van der Waals surface area contributed by atoms with E-state index in [1.165, 1.54) is 0 Å². The molecular weight excluding hydrogens is 296 g/mol. The highest BCUT2D eigenvalue weighted by molar-refractivity contribution is 4.56. The number of nitrogens with zero attached hydrogens (tertiary/aromatic N) is 3. The summed E-state index contributed by atoms with van der Waals surface area (Å²) >= 11 is 0. The molecule has 0 saturated carbocycles. The fourth-order valence-corrected chi connectivity index (χ4v) is 1.23. The van der Waals surface area contributed by atoms with Gasteiger partial charge in [-0.3, -0.25) is 0 Å². The Bertz CT molecular complexity index is 310. The first-order valence-electron chi connectivity index (χ1n) is 5.92. The van der Waals surface area contributed by atoms with E-state index in [-0.39, 0.29) is 0 Å². The van der Waals surface area contributed by atoms with Gasteiger partial charge < -0.3 is 20.2 Å². The lowest BCUT2D eigenvalue weighted by Crippen LogP contribution is -2.25. The van der Waals surface area contributed by atoms with E-state index in [0.717, 1.165) is 19.5 Å². The molecule has 0 heterocycles. The Kier molecular flexibility index (Phi) is 13.9. The van der Waals surface area contributed by atoms with Gasteiger partial charge in [-0.2, -0.15) is 0 Å². The first-order chi connectivity index (χ1) is 9.79. The zero-order chi connectivity index (χ0) is 16.7. The summed E-state index contributed by atoms with van der Waals surface area (Å²) < 4.78 is 0. The summed E-state index contributed by atoms with van der Waals surface area (Å²) in [5, 5.41) is 34.9. The third kappa shape index (κ3) is 23.1. The summed E-state index contributed by atoms with van der Waals surface area (Å²) in [5.74, 6) is 0. The highest BCUT2D eigenvalue weighted by Crippen LogP contribution is 2.06. The van der Waals surface area contributed by atoms with Crippen molar-refractivity contribution in [3.63, 3.8) is 0 Å². The second-order valence-electron chi connectivity index (χ2n) is 3.56. The Morgan fingerprint density at radius 2 is 1.71 bits per heavy atom. The molecule has 0 aromatic carbocycles. The van der Waals surface area contributed by atoms with Crippen LogP contribution in [0.2, 0.25) is 0 Å². The van der Waals surface area contributed by atoms with Gasteiger partial charge in [0.15, 0.2) is 0 Å². The van der Waals surface area contributed by atoms with E-state index in [1.807, 2.05) is 6.92 Å². The van der Waals surface area contributed by atoms with E-state index < -0.39 is 28.0 Å². The second kappa shape index (κ2) is 14.0. The van der Waals surface area contributed by atoms with Crippen molar-refractivity contribution in [3.05, 3.63) is 30.3 Å². The molecule has 0 fully saturated rings. The van der Waals surface area contributed by atoms with Crippen LogP contribution in [0.3, 0.4) is 0 Å². The van der Waals surface area contributed by atoms with E-state index in [2.05, 4.69) is 15.0 Å². The van der Waals surface area contributed by atoms with E-state index in [0.29, 0.717) is 12.8 Å². The maximum absolute atomic E-state index is 10.1. The Labute approximate surface area is 119 Å². The molecule has 0 aliphatic carbocycles. The lowest BCUT2D eigenvalue weighted by molar-refractivity contribution is -0.790. The van der Waals surface area contributed by atoms with Crippen molar-refractivity contribution < 1.29 is 30.1 Å².